The molecule has 0 heterocycles. The zero-order chi connectivity index (χ0) is 13.2. The minimum atomic E-state index is -3.05. The van der Waals surface area contributed by atoms with Gasteiger partial charge >= 0.3 is 0 Å². The van der Waals surface area contributed by atoms with Crippen LogP contribution in [0, 0.1) is 0 Å². The molecular weight excluding hydrogens is 243 g/mol. The molecule has 94 valence electrons. The van der Waals surface area contributed by atoms with Crippen molar-refractivity contribution >= 4 is 17.8 Å². The monoisotopic (exact) mass is 260 g/mol. The van der Waals surface area contributed by atoms with Gasteiger partial charge in [-0.3, -0.25) is 0 Å². The van der Waals surface area contributed by atoms with E-state index in [1.54, 1.807) is 13.8 Å². The van der Waals surface area contributed by atoms with Crippen molar-refractivity contribution in [1.82, 2.24) is 0 Å². The lowest BCUT2D eigenvalue weighted by Gasteiger charge is -2.30. The van der Waals surface area contributed by atoms with Gasteiger partial charge in [-0.05, 0) is 13.8 Å². The molecule has 2 nitrogen and oxygen atoms in total. The average molecular weight is 260 g/mol. The molecule has 0 aliphatic rings. The predicted molar refractivity (Wildman–Crippen MR) is 76.1 cm³/mol. The van der Waals surface area contributed by atoms with Gasteiger partial charge in [0.1, 0.15) is 5.34 Å². The Morgan fingerprint density at radius 2 is 1.17 bits per heavy atom. The molecule has 0 radical (unpaired) electrons. The van der Waals surface area contributed by atoms with Crippen molar-refractivity contribution in [1.29, 1.82) is 0 Å². The van der Waals surface area contributed by atoms with Crippen LogP contribution in [0.15, 0.2) is 60.7 Å². The van der Waals surface area contributed by atoms with Crippen molar-refractivity contribution in [3.63, 3.8) is 0 Å². The first kappa shape index (κ1) is 13.1. The summed E-state index contributed by atoms with van der Waals surface area (Å²) in [7, 11) is -3.05. The van der Waals surface area contributed by atoms with Crippen molar-refractivity contribution in [3.8, 4) is 0 Å². The van der Waals surface area contributed by atoms with E-state index in [1.807, 2.05) is 60.7 Å². The maximum atomic E-state index is 13.4. The molecule has 2 aromatic rings. The fraction of sp³-hybridized carbons (Fsp3) is 0.200. The molecule has 0 unspecified atom stereocenters. The minimum Gasteiger partial charge on any atom is -0.382 e. The molecule has 0 aliphatic heterocycles. The smallest absolute Gasteiger partial charge is 0.172 e. The quantitative estimate of drug-likeness (QED) is 0.862. The van der Waals surface area contributed by atoms with Crippen molar-refractivity contribution in [2.24, 2.45) is 0 Å². The van der Waals surface area contributed by atoms with Gasteiger partial charge in [-0.2, -0.15) is 0 Å². The predicted octanol–water partition coefficient (Wildman–Crippen LogP) is 2.73. The van der Waals surface area contributed by atoms with Crippen LogP contribution in [0.5, 0.6) is 0 Å². The average Bonchev–Trinajstić information content (AvgIpc) is 2.38. The summed E-state index contributed by atoms with van der Waals surface area (Å²) in [6.45, 7) is 3.21. The topological polar surface area (TPSA) is 37.3 Å². The minimum absolute atomic E-state index is 0.684. The van der Waals surface area contributed by atoms with E-state index in [9.17, 15) is 9.67 Å². The molecule has 3 heteroatoms. The van der Waals surface area contributed by atoms with Gasteiger partial charge in [0.05, 0.1) is 0 Å². The van der Waals surface area contributed by atoms with Crippen LogP contribution in [0.3, 0.4) is 0 Å². The molecule has 0 bridgehead atoms. The third-order valence-corrected chi connectivity index (χ3v) is 6.60. The summed E-state index contributed by atoms with van der Waals surface area (Å²) in [6.07, 6.45) is 0. The number of aliphatic hydroxyl groups is 1. The van der Waals surface area contributed by atoms with Crippen molar-refractivity contribution in [3.05, 3.63) is 60.7 Å². The van der Waals surface area contributed by atoms with E-state index in [4.69, 9.17) is 0 Å². The first-order chi connectivity index (χ1) is 8.46. The van der Waals surface area contributed by atoms with E-state index < -0.39 is 12.5 Å². The van der Waals surface area contributed by atoms with Crippen molar-refractivity contribution < 1.29 is 9.67 Å². The van der Waals surface area contributed by atoms with Gasteiger partial charge in [0.25, 0.3) is 0 Å². The summed E-state index contributed by atoms with van der Waals surface area (Å²) in [5, 5.41) is 10.5. The molecule has 18 heavy (non-hydrogen) atoms. The van der Waals surface area contributed by atoms with Gasteiger partial charge in [-0.15, -0.1) is 0 Å². The van der Waals surface area contributed by atoms with E-state index in [0.29, 0.717) is 10.6 Å². The first-order valence-electron chi connectivity index (χ1n) is 5.90. The zero-order valence-electron chi connectivity index (χ0n) is 10.6. The SMILES string of the molecule is CC(C)(O)P(=O)(c1ccccc1)c1ccccc1. The van der Waals surface area contributed by atoms with Crippen molar-refractivity contribution in [2.45, 2.75) is 19.2 Å². The maximum Gasteiger partial charge on any atom is 0.172 e. The highest BCUT2D eigenvalue weighted by molar-refractivity contribution is 7.79. The maximum absolute atomic E-state index is 13.4. The van der Waals surface area contributed by atoms with Crippen LogP contribution in [0.2, 0.25) is 0 Å². The first-order valence-corrected chi connectivity index (χ1v) is 7.61. The second kappa shape index (κ2) is 4.72. The van der Waals surface area contributed by atoms with Gasteiger partial charge in [0.15, 0.2) is 7.14 Å². The molecule has 0 aliphatic carbocycles. The number of benzene rings is 2. The summed E-state index contributed by atoms with van der Waals surface area (Å²) in [4.78, 5) is 0. The summed E-state index contributed by atoms with van der Waals surface area (Å²) in [6, 6.07) is 18.4. The van der Waals surface area contributed by atoms with Crippen LogP contribution in [0.25, 0.3) is 0 Å². The van der Waals surface area contributed by atoms with Crippen LogP contribution in [0.4, 0.5) is 0 Å². The molecule has 0 atom stereocenters. The Balaban J connectivity index is 2.68. The Labute approximate surface area is 108 Å². The van der Waals surface area contributed by atoms with Crippen LogP contribution < -0.4 is 10.6 Å². The lowest BCUT2D eigenvalue weighted by atomic mass is 10.4. The Bertz CT molecular complexity index is 513. The van der Waals surface area contributed by atoms with E-state index in [2.05, 4.69) is 0 Å². The van der Waals surface area contributed by atoms with Gasteiger partial charge in [-0.25, -0.2) is 0 Å². The lowest BCUT2D eigenvalue weighted by Crippen LogP contribution is -2.32. The third kappa shape index (κ3) is 2.14. The van der Waals surface area contributed by atoms with E-state index in [-0.39, 0.29) is 0 Å². The van der Waals surface area contributed by atoms with Crippen LogP contribution in [0.1, 0.15) is 13.8 Å². The van der Waals surface area contributed by atoms with E-state index in [0.717, 1.165) is 0 Å². The second-order valence-electron chi connectivity index (χ2n) is 4.77. The molecular formula is C15H17O2P. The third-order valence-electron chi connectivity index (χ3n) is 3.01. The molecule has 1 N–H and O–H groups in total. The van der Waals surface area contributed by atoms with Gasteiger partial charge in [0, 0.05) is 10.6 Å². The van der Waals surface area contributed by atoms with E-state index >= 15 is 0 Å². The lowest BCUT2D eigenvalue weighted by molar-refractivity contribution is 0.166. The molecule has 0 amide bonds. The fourth-order valence-electron chi connectivity index (χ4n) is 2.06. The Morgan fingerprint density at radius 3 is 1.44 bits per heavy atom. The molecule has 2 rings (SSSR count). The Hall–Kier alpha value is -1.37. The molecule has 0 fully saturated rings. The number of rotatable bonds is 3. The summed E-state index contributed by atoms with van der Waals surface area (Å²) in [5.74, 6) is 0. The second-order valence-corrected chi connectivity index (χ2v) is 8.12. The standard InChI is InChI=1S/C15H17O2P/c1-15(2,16)18(17,13-9-5-3-6-10-13)14-11-7-4-8-12-14/h3-12,16H,1-2H3. The Kier molecular flexibility index (Phi) is 3.43. The number of hydrogen-bond acceptors (Lipinski definition) is 2. The largest absolute Gasteiger partial charge is 0.382 e. The van der Waals surface area contributed by atoms with E-state index in [1.165, 1.54) is 0 Å². The molecule has 2 aromatic carbocycles. The highest BCUT2D eigenvalue weighted by Crippen LogP contribution is 2.54. The fourth-order valence-corrected chi connectivity index (χ4v) is 4.80. The highest BCUT2D eigenvalue weighted by atomic mass is 31.2. The molecule has 0 aromatic heterocycles. The molecule has 0 saturated heterocycles. The van der Waals surface area contributed by atoms with Gasteiger partial charge < -0.3 is 9.67 Å². The summed E-state index contributed by atoms with van der Waals surface area (Å²) < 4.78 is 13.4. The summed E-state index contributed by atoms with van der Waals surface area (Å²) >= 11 is 0. The van der Waals surface area contributed by atoms with Crippen LogP contribution in [-0.4, -0.2) is 10.4 Å². The molecule has 0 spiro atoms. The van der Waals surface area contributed by atoms with Crippen LogP contribution in [-0.2, 0) is 4.57 Å². The normalized spacial score (nSPS) is 12.4. The van der Waals surface area contributed by atoms with Gasteiger partial charge in [0.2, 0.25) is 0 Å². The number of hydrogen-bond donors (Lipinski definition) is 1. The zero-order valence-corrected chi connectivity index (χ0v) is 11.5. The summed E-state index contributed by atoms with van der Waals surface area (Å²) in [5.41, 5.74) is 0. The Morgan fingerprint density at radius 1 is 0.833 bits per heavy atom. The van der Waals surface area contributed by atoms with Crippen molar-refractivity contribution in [2.75, 3.05) is 0 Å². The highest BCUT2D eigenvalue weighted by Gasteiger charge is 2.41. The van der Waals surface area contributed by atoms with Crippen LogP contribution >= 0.6 is 7.14 Å². The van der Waals surface area contributed by atoms with Gasteiger partial charge in [-0.1, -0.05) is 60.7 Å². The molecule has 0 saturated carbocycles.